The lowest BCUT2D eigenvalue weighted by atomic mass is 10.0. The summed E-state index contributed by atoms with van der Waals surface area (Å²) >= 11 is 0. The third-order valence-electron chi connectivity index (χ3n) is 3.51. The maximum Gasteiger partial charge on any atom is 0.241 e. The van der Waals surface area contributed by atoms with Crippen LogP contribution in [0.25, 0.3) is 0 Å². The predicted octanol–water partition coefficient (Wildman–Crippen LogP) is 1.08. The molecule has 1 aromatic heterocycles. The molecule has 104 valence electrons. The Bertz CT molecular complexity index is 650. The highest BCUT2D eigenvalue weighted by Gasteiger charge is 2.25. The first-order chi connectivity index (χ1) is 9.63. The van der Waals surface area contributed by atoms with Crippen molar-refractivity contribution in [2.24, 2.45) is 0 Å². The number of aromatic amines is 1. The highest BCUT2D eigenvalue weighted by Crippen LogP contribution is 2.21. The van der Waals surface area contributed by atoms with Crippen LogP contribution in [-0.2, 0) is 17.8 Å². The van der Waals surface area contributed by atoms with Gasteiger partial charge in [0.2, 0.25) is 5.91 Å². The van der Waals surface area contributed by atoms with Crippen molar-refractivity contribution in [2.45, 2.75) is 25.9 Å². The van der Waals surface area contributed by atoms with E-state index in [2.05, 4.69) is 20.6 Å². The molecule has 1 amide bonds. The number of rotatable bonds is 2. The van der Waals surface area contributed by atoms with Crippen LogP contribution < -0.4 is 10.6 Å². The molecule has 0 saturated carbocycles. The fourth-order valence-corrected chi connectivity index (χ4v) is 2.36. The number of anilines is 1. The molecule has 0 aliphatic carbocycles. The van der Waals surface area contributed by atoms with Crippen LogP contribution in [0.3, 0.4) is 0 Å². The summed E-state index contributed by atoms with van der Waals surface area (Å²) in [6, 6.07) is 4.59. The van der Waals surface area contributed by atoms with Gasteiger partial charge in [0.1, 0.15) is 5.75 Å². The molecule has 4 N–H and O–H groups in total. The van der Waals surface area contributed by atoms with Crippen LogP contribution in [0.15, 0.2) is 24.5 Å². The van der Waals surface area contributed by atoms with Crippen molar-refractivity contribution in [2.75, 3.05) is 5.32 Å². The second kappa shape index (κ2) is 4.97. The number of hydrogen-bond acceptors (Lipinski definition) is 4. The van der Waals surface area contributed by atoms with E-state index in [1.54, 1.807) is 24.5 Å². The molecule has 2 heterocycles. The van der Waals surface area contributed by atoms with Gasteiger partial charge < -0.3 is 15.4 Å². The number of carbonyl (C=O) groups excluding carboxylic acids is 1. The standard InChI is InChI=1S/C14H16N4O2/c1-8-4-9(19)2-3-10(8)18-14(20)12-5-11-13(6-15-12)17-7-16-11/h2-4,7,12,15,19H,5-6H2,1H3,(H,16,17)(H,18,20). The minimum absolute atomic E-state index is 0.0903. The molecule has 2 aromatic rings. The summed E-state index contributed by atoms with van der Waals surface area (Å²) in [5, 5.41) is 15.4. The highest BCUT2D eigenvalue weighted by atomic mass is 16.3. The molecule has 6 nitrogen and oxygen atoms in total. The van der Waals surface area contributed by atoms with E-state index in [0.29, 0.717) is 18.7 Å². The molecule has 0 spiro atoms. The third-order valence-corrected chi connectivity index (χ3v) is 3.51. The molecule has 0 fully saturated rings. The number of aryl methyl sites for hydroxylation is 1. The quantitative estimate of drug-likeness (QED) is 0.616. The molecule has 1 atom stereocenters. The minimum atomic E-state index is -0.293. The molecule has 0 bridgehead atoms. The van der Waals surface area contributed by atoms with Crippen molar-refractivity contribution in [3.05, 3.63) is 41.5 Å². The Kier molecular flexibility index (Phi) is 3.15. The van der Waals surface area contributed by atoms with Crippen molar-refractivity contribution in [1.82, 2.24) is 15.3 Å². The SMILES string of the molecule is Cc1cc(O)ccc1NC(=O)C1Cc2nc[nH]c2CN1. The monoisotopic (exact) mass is 272 g/mol. The number of amides is 1. The van der Waals surface area contributed by atoms with Gasteiger partial charge in [0.25, 0.3) is 0 Å². The number of nitrogens with one attached hydrogen (secondary N) is 3. The number of aromatic nitrogens is 2. The summed E-state index contributed by atoms with van der Waals surface area (Å²) in [5.41, 5.74) is 3.51. The van der Waals surface area contributed by atoms with Crippen molar-refractivity contribution in [3.8, 4) is 5.75 Å². The number of carbonyl (C=O) groups is 1. The summed E-state index contributed by atoms with van der Waals surface area (Å²) in [6.07, 6.45) is 2.22. The predicted molar refractivity (Wildman–Crippen MR) is 74.4 cm³/mol. The normalized spacial score (nSPS) is 17.6. The minimum Gasteiger partial charge on any atom is -0.508 e. The molecule has 3 rings (SSSR count). The summed E-state index contributed by atoms with van der Waals surface area (Å²) in [7, 11) is 0. The zero-order chi connectivity index (χ0) is 14.1. The average molecular weight is 272 g/mol. The molecule has 20 heavy (non-hydrogen) atoms. The Hall–Kier alpha value is -2.34. The molecule has 1 aliphatic heterocycles. The number of aromatic hydroxyl groups is 1. The third kappa shape index (κ3) is 2.37. The summed E-state index contributed by atoms with van der Waals surface area (Å²) in [4.78, 5) is 19.5. The van der Waals surface area contributed by atoms with Gasteiger partial charge in [0, 0.05) is 18.7 Å². The molecule has 0 saturated heterocycles. The number of phenols is 1. The molecule has 6 heteroatoms. The van der Waals surface area contributed by atoms with E-state index in [0.717, 1.165) is 17.0 Å². The number of nitrogens with zero attached hydrogens (tertiary/aromatic N) is 1. The number of imidazole rings is 1. The number of H-pyrrole nitrogens is 1. The van der Waals surface area contributed by atoms with Crippen molar-refractivity contribution in [1.29, 1.82) is 0 Å². The van der Waals surface area contributed by atoms with Gasteiger partial charge in [0.15, 0.2) is 0 Å². The van der Waals surface area contributed by atoms with Gasteiger partial charge in [-0.05, 0) is 30.7 Å². The summed E-state index contributed by atoms with van der Waals surface area (Å²) in [6.45, 7) is 2.46. The van der Waals surface area contributed by atoms with Gasteiger partial charge in [-0.3, -0.25) is 10.1 Å². The van der Waals surface area contributed by atoms with Gasteiger partial charge in [-0.15, -0.1) is 0 Å². The van der Waals surface area contributed by atoms with Crippen LogP contribution in [0, 0.1) is 6.92 Å². The number of hydrogen-bond donors (Lipinski definition) is 4. The van der Waals surface area contributed by atoms with Crippen molar-refractivity contribution >= 4 is 11.6 Å². The number of phenolic OH excluding ortho intramolecular Hbond substituents is 1. The van der Waals surface area contributed by atoms with Crippen LogP contribution in [0.1, 0.15) is 17.0 Å². The first-order valence-corrected chi connectivity index (χ1v) is 6.48. The molecule has 1 aromatic carbocycles. The van der Waals surface area contributed by atoms with E-state index >= 15 is 0 Å². The molecular weight excluding hydrogens is 256 g/mol. The van der Waals surface area contributed by atoms with E-state index in [9.17, 15) is 9.90 Å². The zero-order valence-corrected chi connectivity index (χ0v) is 11.1. The van der Waals surface area contributed by atoms with E-state index in [1.165, 1.54) is 0 Å². The lowest BCUT2D eigenvalue weighted by Gasteiger charge is -2.22. The van der Waals surface area contributed by atoms with Crippen LogP contribution in [0.4, 0.5) is 5.69 Å². The van der Waals surface area contributed by atoms with Gasteiger partial charge in [-0.2, -0.15) is 0 Å². The number of benzene rings is 1. The largest absolute Gasteiger partial charge is 0.508 e. The maximum absolute atomic E-state index is 12.3. The second-order valence-electron chi connectivity index (χ2n) is 4.95. The van der Waals surface area contributed by atoms with E-state index in [1.807, 2.05) is 6.92 Å². The summed E-state index contributed by atoms with van der Waals surface area (Å²) < 4.78 is 0. The van der Waals surface area contributed by atoms with Crippen molar-refractivity contribution < 1.29 is 9.90 Å². The smallest absolute Gasteiger partial charge is 0.241 e. The first-order valence-electron chi connectivity index (χ1n) is 6.48. The maximum atomic E-state index is 12.3. The fourth-order valence-electron chi connectivity index (χ4n) is 2.36. The second-order valence-corrected chi connectivity index (χ2v) is 4.95. The first kappa shape index (κ1) is 12.7. The molecule has 1 aliphatic rings. The van der Waals surface area contributed by atoms with Crippen LogP contribution in [-0.4, -0.2) is 27.0 Å². The molecular formula is C14H16N4O2. The van der Waals surface area contributed by atoms with E-state index in [4.69, 9.17) is 0 Å². The van der Waals surface area contributed by atoms with Gasteiger partial charge >= 0.3 is 0 Å². The topological polar surface area (TPSA) is 90.0 Å². The Balaban J connectivity index is 1.71. The lowest BCUT2D eigenvalue weighted by molar-refractivity contribution is -0.118. The molecule has 1 unspecified atom stereocenters. The van der Waals surface area contributed by atoms with Crippen LogP contribution in [0.5, 0.6) is 5.75 Å². The summed E-state index contributed by atoms with van der Waals surface area (Å²) in [5.74, 6) is 0.102. The highest BCUT2D eigenvalue weighted by molar-refractivity contribution is 5.95. The zero-order valence-electron chi connectivity index (χ0n) is 11.1. The Labute approximate surface area is 116 Å². The van der Waals surface area contributed by atoms with Gasteiger partial charge in [0.05, 0.1) is 23.8 Å². The van der Waals surface area contributed by atoms with Crippen LogP contribution >= 0.6 is 0 Å². The number of fused-ring (bicyclic) bond motifs is 1. The Morgan fingerprint density at radius 1 is 1.50 bits per heavy atom. The average Bonchev–Trinajstić information content (AvgIpc) is 2.89. The fraction of sp³-hybridized carbons (Fsp3) is 0.286. The van der Waals surface area contributed by atoms with Crippen LogP contribution in [0.2, 0.25) is 0 Å². The van der Waals surface area contributed by atoms with Gasteiger partial charge in [-0.25, -0.2) is 4.98 Å². The Morgan fingerprint density at radius 2 is 2.35 bits per heavy atom. The van der Waals surface area contributed by atoms with E-state index < -0.39 is 0 Å². The molecule has 0 radical (unpaired) electrons. The van der Waals surface area contributed by atoms with Gasteiger partial charge in [-0.1, -0.05) is 0 Å². The van der Waals surface area contributed by atoms with Crippen molar-refractivity contribution in [3.63, 3.8) is 0 Å². The lowest BCUT2D eigenvalue weighted by Crippen LogP contribution is -2.44. The van der Waals surface area contributed by atoms with E-state index in [-0.39, 0.29) is 17.7 Å². The Morgan fingerprint density at radius 3 is 3.15 bits per heavy atom.